The fourth-order valence-electron chi connectivity index (χ4n) is 10.4. The molecule has 3 N–H and O–H groups in total. The molecule has 0 bridgehead atoms. The molecule has 3 unspecified atom stereocenters. The molecule has 0 aromatic rings. The second-order valence-electron chi connectivity index (χ2n) is 25.6. The summed E-state index contributed by atoms with van der Waals surface area (Å²) in [5.74, 6) is -0.540. The first-order valence-electron chi connectivity index (χ1n) is 36.0. The third kappa shape index (κ3) is 61.6. The van der Waals surface area contributed by atoms with Crippen LogP contribution in [0.25, 0.3) is 0 Å². The van der Waals surface area contributed by atoms with E-state index in [4.69, 9.17) is 37.0 Å². The molecule has 0 spiro atoms. The summed E-state index contributed by atoms with van der Waals surface area (Å²) in [6, 6.07) is 0. The fourth-order valence-corrected chi connectivity index (χ4v) is 12.0. The minimum Gasteiger partial charge on any atom is -0.462 e. The van der Waals surface area contributed by atoms with Crippen LogP contribution in [0.1, 0.15) is 350 Å². The molecule has 6 atom stereocenters. The molecule has 0 saturated carbocycles. The lowest BCUT2D eigenvalue weighted by atomic mass is 9.99. The molecule has 19 heteroatoms. The quantitative estimate of drug-likeness (QED) is 0.0222. The van der Waals surface area contributed by atoms with Crippen molar-refractivity contribution in [2.45, 2.75) is 368 Å². The number of hydrogen-bond donors (Lipinski definition) is 3. The van der Waals surface area contributed by atoms with Gasteiger partial charge in [0, 0.05) is 25.7 Å². The van der Waals surface area contributed by atoms with Gasteiger partial charge in [0.15, 0.2) is 12.2 Å². The van der Waals surface area contributed by atoms with Gasteiger partial charge in [-0.2, -0.15) is 0 Å². The predicted molar refractivity (Wildman–Crippen MR) is 354 cm³/mol. The zero-order chi connectivity index (χ0) is 65.0. The van der Waals surface area contributed by atoms with Gasteiger partial charge in [-0.05, 0) is 37.5 Å². The summed E-state index contributed by atoms with van der Waals surface area (Å²) in [7, 11) is -9.89. The molecule has 522 valence electrons. The molecule has 0 saturated heterocycles. The normalized spacial score (nSPS) is 14.5. The Hall–Kier alpha value is -1.94. The summed E-state index contributed by atoms with van der Waals surface area (Å²) in [4.78, 5) is 72.4. The van der Waals surface area contributed by atoms with Crippen molar-refractivity contribution in [1.82, 2.24) is 0 Å². The lowest BCUT2D eigenvalue weighted by molar-refractivity contribution is -0.161. The Balaban J connectivity index is 5.24. The highest BCUT2D eigenvalue weighted by Gasteiger charge is 2.30. The van der Waals surface area contributed by atoms with Crippen molar-refractivity contribution in [1.29, 1.82) is 0 Å². The molecule has 88 heavy (non-hydrogen) atoms. The maximum absolute atomic E-state index is 13.0. The first-order chi connectivity index (χ1) is 42.4. The maximum Gasteiger partial charge on any atom is 0.472 e. The van der Waals surface area contributed by atoms with Gasteiger partial charge in [0.2, 0.25) is 0 Å². The number of rotatable bonds is 68. The van der Waals surface area contributed by atoms with Crippen LogP contribution in [0.2, 0.25) is 0 Å². The predicted octanol–water partition coefficient (Wildman–Crippen LogP) is 19.6. The second kappa shape index (κ2) is 61.3. The molecule has 0 heterocycles. The summed E-state index contributed by atoms with van der Waals surface area (Å²) in [6.45, 7) is 9.56. The Morgan fingerprint density at radius 2 is 0.580 bits per heavy atom. The van der Waals surface area contributed by atoms with Crippen molar-refractivity contribution in [3.63, 3.8) is 0 Å². The van der Waals surface area contributed by atoms with E-state index >= 15 is 0 Å². The number of aliphatic hydroxyl groups excluding tert-OH is 1. The van der Waals surface area contributed by atoms with E-state index in [9.17, 15) is 43.2 Å². The van der Waals surface area contributed by atoms with Gasteiger partial charge in [-0.1, -0.05) is 298 Å². The highest BCUT2D eigenvalue weighted by Crippen LogP contribution is 2.45. The molecule has 0 amide bonds. The van der Waals surface area contributed by atoms with Crippen molar-refractivity contribution in [2.75, 3.05) is 39.6 Å². The first kappa shape index (κ1) is 86.1. The highest BCUT2D eigenvalue weighted by molar-refractivity contribution is 7.47. The Labute approximate surface area is 537 Å². The lowest BCUT2D eigenvalue weighted by Gasteiger charge is -2.21. The SMILES string of the molecule is CCCCCCCCCCCCC(=O)O[C@H](COC(=O)CCCCCCCCCCC)COP(=O)(O)OC[C@H](O)COP(=O)(O)OC[C@@H](COC(=O)CCCCCCCCCCCCC(C)CC)OC(=O)CCCCCCCCCCCCCCC(C)C. The summed E-state index contributed by atoms with van der Waals surface area (Å²) in [5.41, 5.74) is 0. The van der Waals surface area contributed by atoms with Crippen LogP contribution >= 0.6 is 15.6 Å². The molecular formula is C69H134O17P2. The van der Waals surface area contributed by atoms with Crippen molar-refractivity contribution < 1.29 is 80.2 Å². The Morgan fingerprint density at radius 3 is 0.864 bits per heavy atom. The monoisotopic (exact) mass is 1300 g/mol. The average molecular weight is 1300 g/mol. The van der Waals surface area contributed by atoms with E-state index in [1.54, 1.807) is 0 Å². The fraction of sp³-hybridized carbons (Fsp3) is 0.942. The smallest absolute Gasteiger partial charge is 0.462 e. The van der Waals surface area contributed by atoms with E-state index in [2.05, 4.69) is 41.5 Å². The number of phosphoric acid groups is 2. The van der Waals surface area contributed by atoms with Gasteiger partial charge in [-0.25, -0.2) is 9.13 Å². The molecule has 0 aliphatic heterocycles. The van der Waals surface area contributed by atoms with Crippen LogP contribution in [0.4, 0.5) is 0 Å². The van der Waals surface area contributed by atoms with Crippen LogP contribution in [-0.4, -0.2) is 96.7 Å². The Bertz CT molecular complexity index is 1720. The van der Waals surface area contributed by atoms with E-state index < -0.39 is 97.5 Å². The molecule has 17 nitrogen and oxygen atoms in total. The number of esters is 4. The summed E-state index contributed by atoms with van der Waals surface area (Å²) >= 11 is 0. The van der Waals surface area contributed by atoms with Gasteiger partial charge >= 0.3 is 39.5 Å². The van der Waals surface area contributed by atoms with E-state index in [1.165, 1.54) is 167 Å². The minimum atomic E-state index is -4.95. The maximum atomic E-state index is 13.0. The largest absolute Gasteiger partial charge is 0.472 e. The molecule has 0 rings (SSSR count). The van der Waals surface area contributed by atoms with Crippen LogP contribution in [0.15, 0.2) is 0 Å². The molecule has 0 aliphatic carbocycles. The van der Waals surface area contributed by atoms with Gasteiger partial charge < -0.3 is 33.8 Å². The zero-order valence-electron chi connectivity index (χ0n) is 57.0. The minimum absolute atomic E-state index is 0.106. The summed E-state index contributed by atoms with van der Waals surface area (Å²) in [5, 5.41) is 10.6. The summed E-state index contributed by atoms with van der Waals surface area (Å²) in [6.07, 6.45) is 45.6. The number of unbranched alkanes of at least 4 members (excludes halogenated alkanes) is 37. The standard InChI is InChI=1S/C69H134O17P2/c1-7-10-12-14-16-18-28-35-41-47-53-68(73)85-64(57-79-66(71)51-45-39-33-25-17-15-13-11-8-2)59-83-87(75,76)81-55-63(70)56-82-88(77,78)84-60-65(58-80-67(72)52-46-40-34-29-24-23-27-32-38-44-50-62(6)9-3)86-69(74)54-48-42-36-30-22-20-19-21-26-31-37-43-49-61(4)5/h61-65,70H,7-60H2,1-6H3,(H,75,76)(H,77,78)/t62?,63-,64+,65+/m0/s1. The van der Waals surface area contributed by atoms with Crippen molar-refractivity contribution in [3.05, 3.63) is 0 Å². The van der Waals surface area contributed by atoms with Crippen LogP contribution < -0.4 is 0 Å². The van der Waals surface area contributed by atoms with Crippen molar-refractivity contribution >= 4 is 39.5 Å². The Kier molecular flexibility index (Phi) is 59.9. The summed E-state index contributed by atoms with van der Waals surface area (Å²) < 4.78 is 68.2. The van der Waals surface area contributed by atoms with Gasteiger partial charge in [0.1, 0.15) is 19.3 Å². The van der Waals surface area contributed by atoms with E-state index in [-0.39, 0.29) is 25.7 Å². The molecule has 0 aromatic heterocycles. The first-order valence-corrected chi connectivity index (χ1v) is 39.0. The third-order valence-electron chi connectivity index (χ3n) is 16.3. The number of phosphoric ester groups is 2. The second-order valence-corrected chi connectivity index (χ2v) is 28.5. The number of carbonyl (C=O) groups is 4. The topological polar surface area (TPSA) is 237 Å². The van der Waals surface area contributed by atoms with Crippen LogP contribution in [0, 0.1) is 11.8 Å². The molecule has 0 aromatic carbocycles. The molecule has 0 radical (unpaired) electrons. The molecule has 0 fully saturated rings. The average Bonchev–Trinajstić information content (AvgIpc) is 3.58. The number of aliphatic hydroxyl groups is 1. The van der Waals surface area contributed by atoms with Crippen LogP contribution in [-0.2, 0) is 65.4 Å². The lowest BCUT2D eigenvalue weighted by Crippen LogP contribution is -2.30. The highest BCUT2D eigenvalue weighted by atomic mass is 31.2. The number of hydrogen-bond acceptors (Lipinski definition) is 15. The number of carbonyl (C=O) groups excluding carboxylic acids is 4. The Morgan fingerprint density at radius 1 is 0.330 bits per heavy atom. The van der Waals surface area contributed by atoms with Crippen LogP contribution in [0.5, 0.6) is 0 Å². The molecule has 0 aliphatic rings. The van der Waals surface area contributed by atoms with Crippen LogP contribution in [0.3, 0.4) is 0 Å². The zero-order valence-corrected chi connectivity index (χ0v) is 58.8. The third-order valence-corrected chi connectivity index (χ3v) is 18.2. The van der Waals surface area contributed by atoms with Gasteiger partial charge in [0.05, 0.1) is 26.4 Å². The van der Waals surface area contributed by atoms with Gasteiger partial charge in [-0.15, -0.1) is 0 Å². The van der Waals surface area contributed by atoms with E-state index in [0.29, 0.717) is 25.7 Å². The number of ether oxygens (including phenoxy) is 4. The van der Waals surface area contributed by atoms with E-state index in [0.717, 1.165) is 102 Å². The van der Waals surface area contributed by atoms with Gasteiger partial charge in [-0.3, -0.25) is 37.3 Å². The van der Waals surface area contributed by atoms with Gasteiger partial charge in [0.25, 0.3) is 0 Å². The van der Waals surface area contributed by atoms with Crippen molar-refractivity contribution in [2.24, 2.45) is 11.8 Å². The van der Waals surface area contributed by atoms with E-state index in [1.807, 2.05) is 0 Å². The molecular weight excluding hydrogens is 1160 g/mol. The van der Waals surface area contributed by atoms with Crippen molar-refractivity contribution in [3.8, 4) is 0 Å².